The number of benzene rings is 1. The van der Waals surface area contributed by atoms with Gasteiger partial charge in [-0.05, 0) is 12.1 Å². The summed E-state index contributed by atoms with van der Waals surface area (Å²) in [7, 11) is -0.605. The van der Waals surface area contributed by atoms with E-state index in [0.29, 0.717) is 5.75 Å². The Morgan fingerprint density at radius 2 is 1.72 bits per heavy atom. The van der Waals surface area contributed by atoms with Crippen LogP contribution in [0.4, 0.5) is 9.59 Å². The van der Waals surface area contributed by atoms with Gasteiger partial charge in [-0.25, -0.2) is 9.59 Å². The first kappa shape index (κ1) is 24.1. The van der Waals surface area contributed by atoms with E-state index in [1.807, 2.05) is 0 Å². The maximum absolute atomic E-state index is 11.9. The molecule has 0 bridgehead atoms. The zero-order valence-corrected chi connectivity index (χ0v) is 18.1. The number of carbonyl (C=O) groups is 3. The third-order valence-electron chi connectivity index (χ3n) is 3.74. The van der Waals surface area contributed by atoms with Crippen LogP contribution in [0, 0.1) is 0 Å². The van der Waals surface area contributed by atoms with Gasteiger partial charge in [0.15, 0.2) is 0 Å². The van der Waals surface area contributed by atoms with Crippen LogP contribution in [0.25, 0.3) is 0 Å². The predicted molar refractivity (Wildman–Crippen MR) is 113 cm³/mol. The lowest BCUT2D eigenvalue weighted by Crippen LogP contribution is -2.50. The molecule has 12 nitrogen and oxygen atoms in total. The fourth-order valence-electron chi connectivity index (χ4n) is 2.45. The predicted octanol–water partition coefficient (Wildman–Crippen LogP) is 0.471. The Bertz CT molecular complexity index is 1120. The molecule has 1 aliphatic rings. The lowest BCUT2D eigenvalue weighted by Gasteiger charge is -2.26. The zero-order valence-electron chi connectivity index (χ0n) is 17.2. The van der Waals surface area contributed by atoms with Crippen LogP contribution in [0.15, 0.2) is 58.9 Å². The molecule has 1 aliphatic carbocycles. The lowest BCUT2D eigenvalue weighted by molar-refractivity contribution is -0.119. The number of carbonyl (C=O) groups excluding carboxylic acids is 3. The van der Waals surface area contributed by atoms with Gasteiger partial charge in [0.05, 0.1) is 14.2 Å². The molecule has 1 aromatic carbocycles. The Balaban J connectivity index is 2.52. The zero-order chi connectivity index (χ0) is 23.7. The summed E-state index contributed by atoms with van der Waals surface area (Å²) < 4.78 is 38.4. The molecule has 0 heterocycles. The fraction of sp³-hybridized carbons (Fsp3) is 0.211. The Hall–Kier alpha value is -4.13. The number of aliphatic imine (C=N–C) groups is 1. The molecule has 1 aromatic rings. The van der Waals surface area contributed by atoms with Crippen LogP contribution in [0.3, 0.4) is 0 Å². The van der Waals surface area contributed by atoms with Gasteiger partial charge in [0.25, 0.3) is 0 Å². The molecule has 0 aliphatic heterocycles. The fourth-order valence-corrected chi connectivity index (χ4v) is 3.04. The summed E-state index contributed by atoms with van der Waals surface area (Å²) in [5.74, 6) is -0.476. The molecular weight excluding hydrogens is 444 g/mol. The van der Waals surface area contributed by atoms with Crippen molar-refractivity contribution in [3.63, 3.8) is 0 Å². The van der Waals surface area contributed by atoms with Gasteiger partial charge in [-0.2, -0.15) is 8.42 Å². The molecule has 13 heteroatoms. The molecule has 0 aromatic heterocycles. The number of guanidine groups is 1. The summed E-state index contributed by atoms with van der Waals surface area (Å²) >= 11 is 0. The van der Waals surface area contributed by atoms with Crippen molar-refractivity contribution >= 4 is 39.2 Å². The second kappa shape index (κ2) is 11.3. The van der Waals surface area contributed by atoms with Crippen LogP contribution < -0.4 is 20.7 Å². The summed E-state index contributed by atoms with van der Waals surface area (Å²) in [5.41, 5.74) is 0.0203. The molecule has 0 spiro atoms. The molecule has 0 fully saturated rings. The Labute approximate surface area is 184 Å². The Kier molecular flexibility index (Phi) is 8.53. The van der Waals surface area contributed by atoms with Crippen LogP contribution in [-0.2, 0) is 24.6 Å². The molecule has 1 atom stereocenters. The number of rotatable bonds is 4. The third-order valence-corrected chi connectivity index (χ3v) is 4.48. The number of methoxy groups -OCH3 is 2. The molecule has 3 N–H and O–H groups in total. The van der Waals surface area contributed by atoms with Gasteiger partial charge in [-0.15, -0.1) is 4.99 Å². The number of hydrogen-bond acceptors (Lipinski definition) is 8. The van der Waals surface area contributed by atoms with Gasteiger partial charge in [0, 0.05) is 24.8 Å². The smallest absolute Gasteiger partial charge is 0.436 e. The van der Waals surface area contributed by atoms with Crippen LogP contribution >= 0.6 is 0 Å². The summed E-state index contributed by atoms with van der Waals surface area (Å²) in [6, 6.07) is 7.32. The Morgan fingerprint density at radius 3 is 2.28 bits per heavy atom. The van der Waals surface area contributed by atoms with Gasteiger partial charge in [0.2, 0.25) is 22.2 Å². The maximum atomic E-state index is 11.9. The summed E-state index contributed by atoms with van der Waals surface area (Å²) in [5, 5.41) is 7.25. The Morgan fingerprint density at radius 1 is 1.03 bits per heavy atom. The average Bonchev–Trinajstić information content (AvgIpc) is 2.75. The highest BCUT2D eigenvalue weighted by Gasteiger charge is 2.28. The largest absolute Gasteiger partial charge is 0.457 e. The van der Waals surface area contributed by atoms with E-state index in [9.17, 15) is 22.8 Å². The number of alkyl carbamates (subject to hydrolysis) is 1. The first-order valence-electron chi connectivity index (χ1n) is 8.91. The van der Waals surface area contributed by atoms with E-state index in [4.69, 9.17) is 4.74 Å². The van der Waals surface area contributed by atoms with E-state index in [2.05, 4.69) is 30.4 Å². The second-order valence-corrected chi connectivity index (χ2v) is 6.94. The van der Waals surface area contributed by atoms with E-state index in [0.717, 1.165) is 14.2 Å². The van der Waals surface area contributed by atoms with Crippen molar-refractivity contribution in [2.75, 3.05) is 14.2 Å². The van der Waals surface area contributed by atoms with Crippen LogP contribution in [0.5, 0.6) is 5.75 Å². The summed E-state index contributed by atoms with van der Waals surface area (Å²) in [6.45, 7) is 1.19. The van der Waals surface area contributed by atoms with Crippen molar-refractivity contribution in [3.05, 3.63) is 53.9 Å². The number of amides is 3. The van der Waals surface area contributed by atoms with Crippen LogP contribution in [0.1, 0.15) is 6.92 Å². The van der Waals surface area contributed by atoms with E-state index in [1.165, 1.54) is 19.1 Å². The molecule has 170 valence electrons. The molecule has 32 heavy (non-hydrogen) atoms. The second-order valence-electron chi connectivity index (χ2n) is 6.00. The minimum atomic E-state index is -2.77. The van der Waals surface area contributed by atoms with Gasteiger partial charge in [0.1, 0.15) is 22.4 Å². The summed E-state index contributed by atoms with van der Waals surface area (Å²) in [4.78, 5) is 38.2. The topological polar surface area (TPSA) is 161 Å². The van der Waals surface area contributed by atoms with Crippen molar-refractivity contribution in [2.45, 2.75) is 13.0 Å². The third kappa shape index (κ3) is 6.98. The molecule has 1 unspecified atom stereocenters. The monoisotopic (exact) mass is 464 g/mol. The lowest BCUT2D eigenvalue weighted by atomic mass is 10.0. The number of para-hydroxylation sites is 1. The molecular formula is C19H20N4O8S. The molecule has 3 amide bonds. The number of nitrogens with one attached hydrogen (secondary N) is 3. The van der Waals surface area contributed by atoms with Gasteiger partial charge in [-0.1, -0.05) is 18.2 Å². The first-order valence-corrected chi connectivity index (χ1v) is 9.99. The van der Waals surface area contributed by atoms with Crippen molar-refractivity contribution in [1.82, 2.24) is 16.0 Å². The number of nitrogens with zero attached hydrogens (tertiary/aromatic N) is 1. The minimum absolute atomic E-state index is 0.0203. The summed E-state index contributed by atoms with van der Waals surface area (Å²) in [6.07, 6.45) is 0.562. The highest BCUT2D eigenvalue weighted by atomic mass is 32.2. The minimum Gasteiger partial charge on any atom is -0.457 e. The molecule has 2 rings (SSSR count). The quantitative estimate of drug-likeness (QED) is 0.327. The first-order chi connectivity index (χ1) is 15.2. The maximum Gasteiger partial charge on any atom is 0.436 e. The standard InChI is InChI=1S/C19H20N4O8S/c1-11(24)20-16-14(21-17(22-18(25)29-2)23-19(26)30-3)9-13(10-15(16)32(27)28)31-12-7-5-4-6-8-12/h4-10,16H,1-3H3,(H,20,24)(H2,21,22,23,25,26). The van der Waals surface area contributed by atoms with Crippen molar-refractivity contribution in [1.29, 1.82) is 0 Å². The van der Waals surface area contributed by atoms with Gasteiger partial charge < -0.3 is 24.8 Å². The van der Waals surface area contributed by atoms with E-state index >= 15 is 0 Å². The molecule has 0 radical (unpaired) electrons. The van der Waals surface area contributed by atoms with Crippen LogP contribution in [0.2, 0.25) is 0 Å². The molecule has 0 saturated heterocycles. The highest BCUT2D eigenvalue weighted by Crippen LogP contribution is 2.20. The van der Waals surface area contributed by atoms with Crippen LogP contribution in [-0.4, -0.2) is 57.6 Å². The number of allylic oxidation sites excluding steroid dienone is 1. The van der Waals surface area contributed by atoms with Crippen molar-refractivity contribution in [2.24, 2.45) is 4.99 Å². The van der Waals surface area contributed by atoms with E-state index in [-0.39, 0.29) is 16.3 Å². The van der Waals surface area contributed by atoms with Crippen molar-refractivity contribution in [3.8, 4) is 5.75 Å². The average molecular weight is 464 g/mol. The highest BCUT2D eigenvalue weighted by molar-refractivity contribution is 7.73. The van der Waals surface area contributed by atoms with E-state index in [1.54, 1.807) is 30.3 Å². The number of ether oxygens (including phenoxy) is 3. The van der Waals surface area contributed by atoms with Gasteiger partial charge in [-0.3, -0.25) is 10.1 Å². The number of hydrogen-bond donors (Lipinski definition) is 3. The van der Waals surface area contributed by atoms with Crippen molar-refractivity contribution < 1.29 is 37.0 Å². The van der Waals surface area contributed by atoms with Gasteiger partial charge >= 0.3 is 12.2 Å². The normalized spacial score (nSPS) is 15.5. The SMILES string of the molecule is COC(=O)N=C(NC(=O)OC)NC1=CC(Oc2ccccc2)=CC(=S(=O)=O)C1NC(C)=O. The molecule has 0 saturated carbocycles. The van der Waals surface area contributed by atoms with E-state index < -0.39 is 40.4 Å².